The van der Waals surface area contributed by atoms with Crippen molar-refractivity contribution in [3.8, 4) is 0 Å². The minimum Gasteiger partial charge on any atom is -0.368 e. The summed E-state index contributed by atoms with van der Waals surface area (Å²) in [5, 5.41) is 0. The summed E-state index contributed by atoms with van der Waals surface area (Å²) in [6.45, 7) is 2.87. The van der Waals surface area contributed by atoms with Gasteiger partial charge < -0.3 is 10.6 Å². The van der Waals surface area contributed by atoms with E-state index in [0.717, 1.165) is 17.0 Å². The lowest BCUT2D eigenvalue weighted by molar-refractivity contribution is -0.137. The molecular formula is C13H15F3N2O2. The number of aryl methyl sites for hydroxylation is 1. The van der Waals surface area contributed by atoms with Crippen molar-refractivity contribution in [1.29, 1.82) is 0 Å². The molecule has 2 N–H and O–H groups in total. The highest BCUT2D eigenvalue weighted by Crippen LogP contribution is 2.30. The van der Waals surface area contributed by atoms with Crippen LogP contribution in [0.3, 0.4) is 0 Å². The summed E-state index contributed by atoms with van der Waals surface area (Å²) in [6, 6.07) is 2.15. The molecule has 20 heavy (non-hydrogen) atoms. The molecule has 0 spiro atoms. The van der Waals surface area contributed by atoms with Crippen molar-refractivity contribution >= 4 is 11.8 Å². The van der Waals surface area contributed by atoms with E-state index in [-0.39, 0.29) is 5.56 Å². The van der Waals surface area contributed by atoms with Crippen LogP contribution < -0.4 is 5.73 Å². The highest BCUT2D eigenvalue weighted by Gasteiger charge is 2.32. The Hall–Kier alpha value is -2.05. The fourth-order valence-electron chi connectivity index (χ4n) is 1.64. The van der Waals surface area contributed by atoms with Crippen LogP contribution in [-0.2, 0) is 11.0 Å². The minimum atomic E-state index is -4.53. The second kappa shape index (κ2) is 5.52. The van der Waals surface area contributed by atoms with Crippen molar-refractivity contribution in [1.82, 2.24) is 4.90 Å². The van der Waals surface area contributed by atoms with Gasteiger partial charge in [-0.1, -0.05) is 0 Å². The van der Waals surface area contributed by atoms with Gasteiger partial charge in [0.2, 0.25) is 5.91 Å². The first-order valence-corrected chi connectivity index (χ1v) is 5.79. The Morgan fingerprint density at radius 1 is 1.25 bits per heavy atom. The Morgan fingerprint density at radius 2 is 1.80 bits per heavy atom. The summed E-state index contributed by atoms with van der Waals surface area (Å²) in [5.74, 6) is -1.42. The van der Waals surface area contributed by atoms with Crippen molar-refractivity contribution in [2.45, 2.75) is 26.1 Å². The number of carbonyl (C=O) groups is 2. The summed E-state index contributed by atoms with van der Waals surface area (Å²) in [5.41, 5.74) is 4.34. The Bertz CT molecular complexity index is 541. The van der Waals surface area contributed by atoms with Gasteiger partial charge in [-0.15, -0.1) is 0 Å². The zero-order chi connectivity index (χ0) is 15.7. The number of benzene rings is 1. The van der Waals surface area contributed by atoms with E-state index in [1.807, 2.05) is 0 Å². The average Bonchev–Trinajstić information content (AvgIpc) is 2.34. The number of halogens is 3. The smallest absolute Gasteiger partial charge is 0.368 e. The molecule has 0 aliphatic heterocycles. The molecule has 2 amide bonds. The SMILES string of the molecule is Cc1cc(C(=O)N(C)[C@@H](C)C(N)=O)cc(C(F)(F)F)c1. The lowest BCUT2D eigenvalue weighted by atomic mass is 10.0. The molecule has 7 heteroatoms. The Morgan fingerprint density at radius 3 is 2.25 bits per heavy atom. The first-order chi connectivity index (χ1) is 9.04. The number of nitrogens with zero attached hydrogens (tertiary/aromatic N) is 1. The van der Waals surface area contributed by atoms with Gasteiger partial charge in [0.05, 0.1) is 5.56 Å². The highest BCUT2D eigenvalue weighted by molar-refractivity contribution is 5.97. The standard InChI is InChI=1S/C13H15F3N2O2/c1-7-4-9(6-10(5-7)13(14,15)16)12(20)18(3)8(2)11(17)19/h4-6,8H,1-3H3,(H2,17,19)/t8-/m0/s1. The second-order valence-electron chi connectivity index (χ2n) is 4.58. The van der Waals surface area contributed by atoms with E-state index >= 15 is 0 Å². The molecule has 0 unspecified atom stereocenters. The van der Waals surface area contributed by atoms with Crippen molar-refractivity contribution < 1.29 is 22.8 Å². The second-order valence-corrected chi connectivity index (χ2v) is 4.58. The number of primary amides is 1. The molecule has 1 aromatic carbocycles. The third-order valence-electron chi connectivity index (χ3n) is 2.96. The third-order valence-corrected chi connectivity index (χ3v) is 2.96. The van der Waals surface area contributed by atoms with Gasteiger partial charge >= 0.3 is 6.18 Å². The maximum atomic E-state index is 12.7. The molecule has 0 saturated heterocycles. The fourth-order valence-corrected chi connectivity index (χ4v) is 1.64. The van der Waals surface area contributed by atoms with Crippen LogP contribution in [0.1, 0.15) is 28.4 Å². The van der Waals surface area contributed by atoms with Gasteiger partial charge in [0, 0.05) is 12.6 Å². The number of alkyl halides is 3. The third kappa shape index (κ3) is 3.49. The van der Waals surface area contributed by atoms with Crippen LogP contribution in [0, 0.1) is 6.92 Å². The van der Waals surface area contributed by atoms with Gasteiger partial charge in [0.25, 0.3) is 5.91 Å². The van der Waals surface area contributed by atoms with Crippen LogP contribution in [0.4, 0.5) is 13.2 Å². The van der Waals surface area contributed by atoms with Gasteiger partial charge in [-0.2, -0.15) is 13.2 Å². The molecule has 0 fully saturated rings. The predicted molar refractivity (Wildman–Crippen MR) is 66.9 cm³/mol. The predicted octanol–water partition coefficient (Wildman–Crippen LogP) is 1.96. The highest BCUT2D eigenvalue weighted by atomic mass is 19.4. The van der Waals surface area contributed by atoms with E-state index in [1.54, 1.807) is 0 Å². The van der Waals surface area contributed by atoms with Crippen molar-refractivity contribution in [2.24, 2.45) is 5.73 Å². The maximum absolute atomic E-state index is 12.7. The van der Waals surface area contributed by atoms with Crippen molar-refractivity contribution in [2.75, 3.05) is 7.05 Å². The summed E-state index contributed by atoms with van der Waals surface area (Å²) in [7, 11) is 1.31. The van der Waals surface area contributed by atoms with Gasteiger partial charge in [0.1, 0.15) is 6.04 Å². The summed E-state index contributed by atoms with van der Waals surface area (Å²) < 4.78 is 38.1. The molecule has 0 aromatic heterocycles. The minimum absolute atomic E-state index is 0.132. The first kappa shape index (κ1) is 16.0. The van der Waals surface area contributed by atoms with E-state index in [2.05, 4.69) is 0 Å². The van der Waals surface area contributed by atoms with E-state index in [0.29, 0.717) is 5.56 Å². The fraction of sp³-hybridized carbons (Fsp3) is 0.385. The number of likely N-dealkylation sites (N-methyl/N-ethyl adjacent to an activating group) is 1. The molecule has 0 bridgehead atoms. The number of amides is 2. The van der Waals surface area contributed by atoms with Crippen molar-refractivity contribution in [3.63, 3.8) is 0 Å². The molecular weight excluding hydrogens is 273 g/mol. The van der Waals surface area contributed by atoms with E-state index in [1.165, 1.54) is 27.0 Å². The number of hydrogen-bond donors (Lipinski definition) is 1. The molecule has 0 aliphatic rings. The van der Waals surface area contributed by atoms with Gasteiger partial charge in [-0.25, -0.2) is 0 Å². The van der Waals surface area contributed by atoms with Gasteiger partial charge in [-0.05, 0) is 37.6 Å². The first-order valence-electron chi connectivity index (χ1n) is 5.79. The molecule has 1 atom stereocenters. The summed E-state index contributed by atoms with van der Waals surface area (Å²) >= 11 is 0. The van der Waals surface area contributed by atoms with E-state index < -0.39 is 29.6 Å². The molecule has 1 aromatic rings. The van der Waals surface area contributed by atoms with Gasteiger partial charge in [0.15, 0.2) is 0 Å². The summed E-state index contributed by atoms with van der Waals surface area (Å²) in [4.78, 5) is 24.1. The van der Waals surface area contributed by atoms with Crippen LogP contribution in [-0.4, -0.2) is 29.8 Å². The van der Waals surface area contributed by atoms with Gasteiger partial charge in [-0.3, -0.25) is 9.59 Å². The summed E-state index contributed by atoms with van der Waals surface area (Å²) in [6.07, 6.45) is -4.53. The normalized spacial score (nSPS) is 12.9. The van der Waals surface area contributed by atoms with E-state index in [4.69, 9.17) is 5.73 Å². The molecule has 4 nitrogen and oxygen atoms in total. The lowest BCUT2D eigenvalue weighted by Crippen LogP contribution is -2.43. The molecule has 0 aliphatic carbocycles. The Labute approximate surface area is 114 Å². The van der Waals surface area contributed by atoms with Crippen LogP contribution >= 0.6 is 0 Å². The Kier molecular flexibility index (Phi) is 4.42. The molecule has 0 saturated carbocycles. The molecule has 0 heterocycles. The molecule has 1 rings (SSSR count). The zero-order valence-electron chi connectivity index (χ0n) is 11.3. The van der Waals surface area contributed by atoms with Crippen LogP contribution in [0.15, 0.2) is 18.2 Å². The van der Waals surface area contributed by atoms with Crippen LogP contribution in [0.5, 0.6) is 0 Å². The number of carbonyl (C=O) groups excluding carboxylic acids is 2. The average molecular weight is 288 g/mol. The van der Waals surface area contributed by atoms with Crippen molar-refractivity contribution in [3.05, 3.63) is 34.9 Å². The van der Waals surface area contributed by atoms with Crippen LogP contribution in [0.25, 0.3) is 0 Å². The number of hydrogen-bond acceptors (Lipinski definition) is 2. The lowest BCUT2D eigenvalue weighted by Gasteiger charge is -2.23. The zero-order valence-corrected chi connectivity index (χ0v) is 11.3. The van der Waals surface area contributed by atoms with E-state index in [9.17, 15) is 22.8 Å². The number of rotatable bonds is 3. The van der Waals surface area contributed by atoms with Crippen LogP contribution in [0.2, 0.25) is 0 Å². The maximum Gasteiger partial charge on any atom is 0.416 e. The monoisotopic (exact) mass is 288 g/mol. The quantitative estimate of drug-likeness (QED) is 0.924. The molecule has 110 valence electrons. The number of nitrogens with two attached hydrogens (primary N) is 1. The molecule has 0 radical (unpaired) electrons. The topological polar surface area (TPSA) is 63.4 Å². The Balaban J connectivity index is 3.17. The largest absolute Gasteiger partial charge is 0.416 e.